The summed E-state index contributed by atoms with van der Waals surface area (Å²) in [5.41, 5.74) is 0. The van der Waals surface area contributed by atoms with Gasteiger partial charge in [-0.25, -0.2) is 17.5 Å². The van der Waals surface area contributed by atoms with Gasteiger partial charge in [-0.1, -0.05) is 25.0 Å². The molecular weight excluding hydrogens is 269 g/mol. The summed E-state index contributed by atoms with van der Waals surface area (Å²) in [5, 5.41) is 0. The Bertz CT molecular complexity index is 512. The summed E-state index contributed by atoms with van der Waals surface area (Å²) in [6.07, 6.45) is 4.68. The van der Waals surface area contributed by atoms with Crippen molar-refractivity contribution in [2.45, 2.75) is 36.7 Å². The third kappa shape index (κ3) is 3.99. The van der Waals surface area contributed by atoms with E-state index in [1.807, 2.05) is 0 Å². The van der Waals surface area contributed by atoms with Crippen LogP contribution in [0.4, 0.5) is 4.39 Å². The van der Waals surface area contributed by atoms with Gasteiger partial charge in [0.1, 0.15) is 10.7 Å². The van der Waals surface area contributed by atoms with Gasteiger partial charge < -0.3 is 4.74 Å². The zero-order chi connectivity index (χ0) is 13.7. The van der Waals surface area contributed by atoms with E-state index in [2.05, 4.69) is 4.72 Å². The number of hydrogen-bond donors (Lipinski definition) is 1. The lowest BCUT2D eigenvalue weighted by molar-refractivity contribution is 0.0626. The van der Waals surface area contributed by atoms with Crippen LogP contribution in [0.5, 0.6) is 0 Å². The van der Waals surface area contributed by atoms with Crippen LogP contribution in [-0.2, 0) is 14.8 Å². The molecule has 0 spiro atoms. The molecule has 0 heterocycles. The van der Waals surface area contributed by atoms with Gasteiger partial charge in [-0.2, -0.15) is 0 Å². The van der Waals surface area contributed by atoms with Crippen molar-refractivity contribution in [1.82, 2.24) is 4.72 Å². The highest BCUT2D eigenvalue weighted by Crippen LogP contribution is 2.20. The van der Waals surface area contributed by atoms with Gasteiger partial charge >= 0.3 is 0 Å². The Morgan fingerprint density at radius 3 is 2.63 bits per heavy atom. The van der Waals surface area contributed by atoms with Crippen molar-refractivity contribution in [1.29, 1.82) is 0 Å². The van der Waals surface area contributed by atoms with Crippen LogP contribution in [0.3, 0.4) is 0 Å². The largest absolute Gasteiger partial charge is 0.377 e. The van der Waals surface area contributed by atoms with E-state index in [-0.39, 0.29) is 17.5 Å². The van der Waals surface area contributed by atoms with Crippen molar-refractivity contribution in [2.75, 3.05) is 13.2 Å². The number of sulfonamides is 1. The zero-order valence-electron chi connectivity index (χ0n) is 10.6. The molecule has 6 heteroatoms. The Morgan fingerprint density at radius 1 is 1.26 bits per heavy atom. The lowest BCUT2D eigenvalue weighted by Crippen LogP contribution is -2.29. The molecule has 106 valence electrons. The first kappa shape index (κ1) is 14.4. The number of rotatable bonds is 6. The highest BCUT2D eigenvalue weighted by molar-refractivity contribution is 7.89. The number of hydrogen-bond acceptors (Lipinski definition) is 3. The number of halogens is 1. The minimum absolute atomic E-state index is 0.160. The highest BCUT2D eigenvalue weighted by atomic mass is 32.2. The standard InChI is InChI=1S/C13H18FNO3S/c14-12-7-3-4-8-13(12)19(16,17)15-9-10-18-11-5-1-2-6-11/h3-4,7-8,11,15H,1-2,5-6,9-10H2. The van der Waals surface area contributed by atoms with E-state index in [4.69, 9.17) is 4.74 Å². The van der Waals surface area contributed by atoms with E-state index in [0.717, 1.165) is 18.9 Å². The first-order valence-corrected chi connectivity index (χ1v) is 7.94. The smallest absolute Gasteiger partial charge is 0.243 e. The normalized spacial score (nSPS) is 16.9. The van der Waals surface area contributed by atoms with Gasteiger partial charge in [0.15, 0.2) is 0 Å². The van der Waals surface area contributed by atoms with Gasteiger partial charge in [-0.15, -0.1) is 0 Å². The summed E-state index contributed by atoms with van der Waals surface area (Å²) in [6.45, 7) is 0.478. The predicted octanol–water partition coefficient (Wildman–Crippen LogP) is 2.06. The third-order valence-corrected chi connectivity index (χ3v) is 4.67. The molecule has 1 aliphatic carbocycles. The molecule has 0 radical (unpaired) electrons. The quantitative estimate of drug-likeness (QED) is 0.815. The molecule has 0 unspecified atom stereocenters. The lowest BCUT2D eigenvalue weighted by Gasteiger charge is -2.12. The maximum atomic E-state index is 13.4. The molecule has 2 rings (SSSR count). The van der Waals surface area contributed by atoms with Gasteiger partial charge in [0.05, 0.1) is 12.7 Å². The zero-order valence-corrected chi connectivity index (χ0v) is 11.5. The van der Waals surface area contributed by atoms with E-state index in [0.29, 0.717) is 6.61 Å². The van der Waals surface area contributed by atoms with E-state index in [1.54, 1.807) is 0 Å². The molecule has 0 aliphatic heterocycles. The lowest BCUT2D eigenvalue weighted by atomic mass is 10.3. The summed E-state index contributed by atoms with van der Waals surface area (Å²) in [7, 11) is -3.79. The van der Waals surface area contributed by atoms with Crippen LogP contribution in [0.2, 0.25) is 0 Å². The van der Waals surface area contributed by atoms with E-state index in [1.165, 1.54) is 31.0 Å². The van der Waals surface area contributed by atoms with Crippen LogP contribution in [-0.4, -0.2) is 27.7 Å². The van der Waals surface area contributed by atoms with Gasteiger partial charge in [0.25, 0.3) is 0 Å². The Hall–Kier alpha value is -0.980. The molecule has 0 bridgehead atoms. The van der Waals surface area contributed by atoms with Crippen molar-refractivity contribution in [3.8, 4) is 0 Å². The molecule has 1 fully saturated rings. The Balaban J connectivity index is 1.82. The molecule has 19 heavy (non-hydrogen) atoms. The summed E-state index contributed by atoms with van der Waals surface area (Å²) in [4.78, 5) is -0.323. The Labute approximate surface area is 113 Å². The number of nitrogens with one attached hydrogen (secondary N) is 1. The van der Waals surface area contributed by atoms with Crippen LogP contribution in [0.1, 0.15) is 25.7 Å². The van der Waals surface area contributed by atoms with E-state index >= 15 is 0 Å². The van der Waals surface area contributed by atoms with Crippen molar-refractivity contribution in [3.05, 3.63) is 30.1 Å². The Kier molecular flexibility index (Phi) is 4.90. The summed E-state index contributed by atoms with van der Waals surface area (Å²) < 4.78 is 45.0. The van der Waals surface area contributed by atoms with Gasteiger partial charge in [-0.05, 0) is 25.0 Å². The highest BCUT2D eigenvalue weighted by Gasteiger charge is 2.19. The SMILES string of the molecule is O=S(=O)(NCCOC1CCCC1)c1ccccc1F. The van der Waals surface area contributed by atoms with Crippen molar-refractivity contribution >= 4 is 10.0 Å². The van der Waals surface area contributed by atoms with Crippen LogP contribution in [0, 0.1) is 5.82 Å². The minimum Gasteiger partial charge on any atom is -0.377 e. The Morgan fingerprint density at radius 2 is 1.95 bits per heavy atom. The molecule has 0 amide bonds. The van der Waals surface area contributed by atoms with Crippen LogP contribution in [0.15, 0.2) is 29.2 Å². The molecule has 4 nitrogen and oxygen atoms in total. The summed E-state index contributed by atoms with van der Waals surface area (Å²) in [6, 6.07) is 5.32. The van der Waals surface area contributed by atoms with Crippen molar-refractivity contribution < 1.29 is 17.5 Å². The molecular formula is C13H18FNO3S. The fourth-order valence-corrected chi connectivity index (χ4v) is 3.29. The molecule has 1 aromatic rings. The molecule has 1 N–H and O–H groups in total. The maximum absolute atomic E-state index is 13.4. The number of benzene rings is 1. The fraction of sp³-hybridized carbons (Fsp3) is 0.538. The van der Waals surface area contributed by atoms with Gasteiger partial charge in [0, 0.05) is 6.54 Å². The summed E-state index contributed by atoms with van der Waals surface area (Å²) >= 11 is 0. The predicted molar refractivity (Wildman–Crippen MR) is 69.8 cm³/mol. The second kappa shape index (κ2) is 6.45. The van der Waals surface area contributed by atoms with E-state index in [9.17, 15) is 12.8 Å². The van der Waals surface area contributed by atoms with E-state index < -0.39 is 15.8 Å². The first-order valence-electron chi connectivity index (χ1n) is 6.45. The third-order valence-electron chi connectivity index (χ3n) is 3.18. The second-order valence-corrected chi connectivity index (χ2v) is 6.34. The monoisotopic (exact) mass is 287 g/mol. The average molecular weight is 287 g/mol. The average Bonchev–Trinajstić information content (AvgIpc) is 2.88. The summed E-state index contributed by atoms with van der Waals surface area (Å²) in [5.74, 6) is -0.744. The molecule has 0 aromatic heterocycles. The fourth-order valence-electron chi connectivity index (χ4n) is 2.20. The van der Waals surface area contributed by atoms with Gasteiger partial charge in [-0.3, -0.25) is 0 Å². The molecule has 1 saturated carbocycles. The molecule has 1 aromatic carbocycles. The minimum atomic E-state index is -3.79. The van der Waals surface area contributed by atoms with Gasteiger partial charge in [0.2, 0.25) is 10.0 Å². The first-order chi connectivity index (χ1) is 9.09. The molecule has 1 aliphatic rings. The second-order valence-electron chi connectivity index (χ2n) is 4.61. The topological polar surface area (TPSA) is 55.4 Å². The van der Waals surface area contributed by atoms with Crippen LogP contribution < -0.4 is 4.72 Å². The van der Waals surface area contributed by atoms with Crippen molar-refractivity contribution in [2.24, 2.45) is 0 Å². The van der Waals surface area contributed by atoms with Crippen LogP contribution >= 0.6 is 0 Å². The number of ether oxygens (including phenoxy) is 1. The van der Waals surface area contributed by atoms with Crippen LogP contribution in [0.25, 0.3) is 0 Å². The van der Waals surface area contributed by atoms with Crippen molar-refractivity contribution in [3.63, 3.8) is 0 Å². The molecule has 0 saturated heterocycles. The maximum Gasteiger partial charge on any atom is 0.243 e. The molecule has 0 atom stereocenters.